The number of rotatable bonds is 8. The van der Waals surface area contributed by atoms with E-state index in [0.717, 1.165) is 19.6 Å². The molecule has 0 rings (SSSR count). The number of carbonyl (C=O) groups is 1. The first-order valence-electron chi connectivity index (χ1n) is 6.65. The molecular weight excluding hydrogens is 246 g/mol. The molecule has 0 radical (unpaired) electrons. The van der Waals surface area contributed by atoms with Crippen LogP contribution in [0.2, 0.25) is 0 Å². The molecule has 2 atom stereocenters. The van der Waals surface area contributed by atoms with Crippen molar-refractivity contribution in [3.63, 3.8) is 0 Å². The number of nitrogens with zero attached hydrogens (tertiary/aromatic N) is 1. The summed E-state index contributed by atoms with van der Waals surface area (Å²) in [6, 6.07) is 0.105. The maximum Gasteiger partial charge on any atom is 0.230 e. The second-order valence-electron chi connectivity index (χ2n) is 5.02. The molecule has 3 N–H and O–H groups in total. The summed E-state index contributed by atoms with van der Waals surface area (Å²) in [5.41, 5.74) is 5.63. The highest BCUT2D eigenvalue weighted by Gasteiger charge is 2.26. The van der Waals surface area contributed by atoms with Crippen molar-refractivity contribution in [2.75, 3.05) is 19.6 Å². The lowest BCUT2D eigenvalue weighted by Gasteiger charge is -2.26. The third-order valence-corrected chi connectivity index (χ3v) is 3.32. The Morgan fingerprint density at radius 1 is 1.28 bits per heavy atom. The number of nitrogens with one attached hydrogen (secondary N) is 1. The molecular formula is C13H27N3OS. The molecule has 0 spiro atoms. The number of amides is 1. The Balaban J connectivity index is 4.41. The van der Waals surface area contributed by atoms with Crippen LogP contribution in [0.3, 0.4) is 0 Å². The van der Waals surface area contributed by atoms with Gasteiger partial charge in [0.1, 0.15) is 0 Å². The fraction of sp³-hybridized carbons (Fsp3) is 0.846. The maximum atomic E-state index is 12.1. The minimum atomic E-state index is -0.376. The van der Waals surface area contributed by atoms with Crippen LogP contribution in [-0.4, -0.2) is 41.5 Å². The Hall–Kier alpha value is -0.680. The van der Waals surface area contributed by atoms with E-state index in [2.05, 4.69) is 24.1 Å². The second kappa shape index (κ2) is 8.43. The molecule has 0 aromatic carbocycles. The minimum Gasteiger partial charge on any atom is -0.393 e. The van der Waals surface area contributed by atoms with Crippen LogP contribution < -0.4 is 11.1 Å². The zero-order valence-electron chi connectivity index (χ0n) is 12.2. The predicted octanol–water partition coefficient (Wildman–Crippen LogP) is 1.39. The minimum absolute atomic E-state index is 0.0582. The van der Waals surface area contributed by atoms with Crippen molar-refractivity contribution >= 4 is 23.1 Å². The lowest BCUT2D eigenvalue weighted by molar-refractivity contribution is -0.124. The second-order valence-corrected chi connectivity index (χ2v) is 5.49. The van der Waals surface area contributed by atoms with E-state index in [0.29, 0.717) is 0 Å². The molecule has 0 aromatic heterocycles. The van der Waals surface area contributed by atoms with E-state index in [9.17, 15) is 4.79 Å². The molecule has 0 saturated carbocycles. The van der Waals surface area contributed by atoms with E-state index in [1.165, 1.54) is 0 Å². The van der Waals surface area contributed by atoms with Crippen LogP contribution in [0.5, 0.6) is 0 Å². The summed E-state index contributed by atoms with van der Waals surface area (Å²) >= 11 is 4.96. The van der Waals surface area contributed by atoms with Gasteiger partial charge in [0.2, 0.25) is 5.91 Å². The standard InChI is InChI=1S/C13H27N3OS/c1-6-16(7-2)8-10(5)15-13(17)11(9(3)4)12(14)18/h9-11H,6-8H2,1-5H3,(H2,14,18)(H,15,17). The highest BCUT2D eigenvalue weighted by atomic mass is 32.1. The highest BCUT2D eigenvalue weighted by molar-refractivity contribution is 7.80. The summed E-state index contributed by atoms with van der Waals surface area (Å²) in [7, 11) is 0. The molecule has 0 heterocycles. The molecule has 5 heteroatoms. The molecule has 0 fully saturated rings. The van der Waals surface area contributed by atoms with Crippen molar-refractivity contribution < 1.29 is 4.79 Å². The zero-order chi connectivity index (χ0) is 14.3. The van der Waals surface area contributed by atoms with Gasteiger partial charge >= 0.3 is 0 Å². The van der Waals surface area contributed by atoms with Crippen LogP contribution in [-0.2, 0) is 4.79 Å². The van der Waals surface area contributed by atoms with E-state index < -0.39 is 0 Å². The Morgan fingerprint density at radius 2 is 1.78 bits per heavy atom. The normalized spacial score (nSPS) is 14.6. The quantitative estimate of drug-likeness (QED) is 0.656. The van der Waals surface area contributed by atoms with Gasteiger partial charge in [0, 0.05) is 12.6 Å². The van der Waals surface area contributed by atoms with Gasteiger partial charge in [-0.15, -0.1) is 0 Å². The molecule has 4 nitrogen and oxygen atoms in total. The number of nitrogens with two attached hydrogens (primary N) is 1. The van der Waals surface area contributed by atoms with Gasteiger partial charge in [0.15, 0.2) is 0 Å². The van der Waals surface area contributed by atoms with Crippen molar-refractivity contribution in [3.05, 3.63) is 0 Å². The highest BCUT2D eigenvalue weighted by Crippen LogP contribution is 2.11. The average Bonchev–Trinajstić information content (AvgIpc) is 2.24. The van der Waals surface area contributed by atoms with Crippen LogP contribution in [0.4, 0.5) is 0 Å². The number of hydrogen-bond donors (Lipinski definition) is 2. The van der Waals surface area contributed by atoms with Gasteiger partial charge < -0.3 is 16.0 Å². The molecule has 0 aliphatic heterocycles. The van der Waals surface area contributed by atoms with E-state index in [1.54, 1.807) is 0 Å². The SMILES string of the molecule is CCN(CC)CC(C)NC(=O)C(C(N)=S)C(C)C. The van der Waals surface area contributed by atoms with Crippen LogP contribution in [0.15, 0.2) is 0 Å². The summed E-state index contributed by atoms with van der Waals surface area (Å²) < 4.78 is 0. The van der Waals surface area contributed by atoms with Gasteiger partial charge in [-0.25, -0.2) is 0 Å². The summed E-state index contributed by atoms with van der Waals surface area (Å²) in [6.45, 7) is 13.0. The van der Waals surface area contributed by atoms with Gasteiger partial charge in [-0.2, -0.15) is 0 Å². The van der Waals surface area contributed by atoms with Crippen molar-refractivity contribution in [2.45, 2.75) is 40.7 Å². The van der Waals surface area contributed by atoms with E-state index in [1.807, 2.05) is 20.8 Å². The summed E-state index contributed by atoms with van der Waals surface area (Å²) in [5.74, 6) is -0.306. The van der Waals surface area contributed by atoms with Gasteiger partial charge in [-0.1, -0.05) is 39.9 Å². The summed E-state index contributed by atoms with van der Waals surface area (Å²) in [6.07, 6.45) is 0. The van der Waals surface area contributed by atoms with E-state index in [4.69, 9.17) is 18.0 Å². The maximum absolute atomic E-state index is 12.1. The first-order valence-corrected chi connectivity index (χ1v) is 7.06. The lowest BCUT2D eigenvalue weighted by Crippen LogP contribution is -2.47. The third-order valence-electron chi connectivity index (χ3n) is 3.07. The fourth-order valence-corrected chi connectivity index (χ4v) is 2.39. The molecule has 0 saturated heterocycles. The molecule has 0 aromatic rings. The van der Waals surface area contributed by atoms with Gasteiger partial charge in [-0.3, -0.25) is 4.79 Å². The Labute approximate surface area is 116 Å². The van der Waals surface area contributed by atoms with Gasteiger partial charge in [0.05, 0.1) is 10.9 Å². The lowest BCUT2D eigenvalue weighted by atomic mass is 9.94. The average molecular weight is 273 g/mol. The first-order chi connectivity index (χ1) is 8.33. The van der Waals surface area contributed by atoms with Crippen molar-refractivity contribution in [1.29, 1.82) is 0 Å². The molecule has 106 valence electrons. The van der Waals surface area contributed by atoms with Crippen molar-refractivity contribution in [1.82, 2.24) is 10.2 Å². The first kappa shape index (κ1) is 17.3. The Bertz CT molecular complexity index is 277. The number of likely N-dealkylation sites (N-methyl/N-ethyl adjacent to an activating group) is 1. The third kappa shape index (κ3) is 5.78. The predicted molar refractivity (Wildman–Crippen MR) is 80.5 cm³/mol. The molecule has 0 bridgehead atoms. The van der Waals surface area contributed by atoms with Crippen LogP contribution in [0.1, 0.15) is 34.6 Å². The number of hydrogen-bond acceptors (Lipinski definition) is 3. The van der Waals surface area contributed by atoms with Crippen LogP contribution >= 0.6 is 12.2 Å². The summed E-state index contributed by atoms with van der Waals surface area (Å²) in [5, 5.41) is 2.99. The van der Waals surface area contributed by atoms with Gasteiger partial charge in [0.25, 0.3) is 0 Å². The fourth-order valence-electron chi connectivity index (χ4n) is 2.01. The van der Waals surface area contributed by atoms with Crippen LogP contribution in [0.25, 0.3) is 0 Å². The van der Waals surface area contributed by atoms with Crippen molar-refractivity contribution in [2.24, 2.45) is 17.6 Å². The summed E-state index contributed by atoms with van der Waals surface area (Å²) in [4.78, 5) is 14.6. The monoisotopic (exact) mass is 273 g/mol. The van der Waals surface area contributed by atoms with Crippen LogP contribution in [0, 0.1) is 11.8 Å². The smallest absolute Gasteiger partial charge is 0.230 e. The van der Waals surface area contributed by atoms with E-state index >= 15 is 0 Å². The molecule has 18 heavy (non-hydrogen) atoms. The van der Waals surface area contributed by atoms with Gasteiger partial charge in [-0.05, 0) is 25.9 Å². The van der Waals surface area contributed by atoms with E-state index in [-0.39, 0.29) is 28.8 Å². The Kier molecular flexibility index (Phi) is 8.11. The Morgan fingerprint density at radius 3 is 2.11 bits per heavy atom. The number of thiocarbonyl (C=S) groups is 1. The number of carbonyl (C=O) groups excluding carboxylic acids is 1. The largest absolute Gasteiger partial charge is 0.393 e. The van der Waals surface area contributed by atoms with Crippen molar-refractivity contribution in [3.8, 4) is 0 Å². The molecule has 0 aliphatic rings. The molecule has 0 aliphatic carbocycles. The molecule has 2 unspecified atom stereocenters. The topological polar surface area (TPSA) is 58.4 Å². The molecule has 1 amide bonds. The zero-order valence-corrected chi connectivity index (χ0v) is 13.0.